The van der Waals surface area contributed by atoms with Crippen molar-refractivity contribution < 1.29 is 9.50 Å². The van der Waals surface area contributed by atoms with Crippen molar-refractivity contribution in [1.29, 1.82) is 0 Å². The first-order valence-electron chi connectivity index (χ1n) is 6.83. The minimum Gasteiger partial charge on any atom is -0.396 e. The van der Waals surface area contributed by atoms with Gasteiger partial charge in [-0.15, -0.1) is 0 Å². The Balaban J connectivity index is 2.31. The number of halogens is 1. The third-order valence-electron chi connectivity index (χ3n) is 3.44. The van der Waals surface area contributed by atoms with E-state index >= 15 is 0 Å². The number of fused-ring (bicyclic) bond motifs is 1. The lowest BCUT2D eigenvalue weighted by Gasteiger charge is -2.25. The van der Waals surface area contributed by atoms with Gasteiger partial charge in [0.25, 0.3) is 0 Å². The first kappa shape index (κ1) is 14.7. The summed E-state index contributed by atoms with van der Waals surface area (Å²) in [5.74, 6) is -0.263. The summed E-state index contributed by atoms with van der Waals surface area (Å²) in [7, 11) is 0. The van der Waals surface area contributed by atoms with Crippen LogP contribution in [0.15, 0.2) is 24.3 Å². The Morgan fingerprint density at radius 3 is 2.75 bits per heavy atom. The molecule has 4 heteroatoms. The van der Waals surface area contributed by atoms with E-state index in [0.29, 0.717) is 6.54 Å². The average Bonchev–Trinajstić information content (AvgIpc) is 2.36. The molecule has 1 aromatic heterocycles. The van der Waals surface area contributed by atoms with Crippen molar-refractivity contribution in [1.82, 2.24) is 4.98 Å². The highest BCUT2D eigenvalue weighted by atomic mass is 19.1. The number of nitrogens with zero attached hydrogens (tertiary/aromatic N) is 1. The molecule has 2 rings (SSSR count). The Kier molecular flexibility index (Phi) is 4.23. The number of rotatable bonds is 5. The zero-order valence-corrected chi connectivity index (χ0v) is 12.2. The summed E-state index contributed by atoms with van der Waals surface area (Å²) in [6.45, 7) is 6.98. The molecule has 0 saturated carbocycles. The van der Waals surface area contributed by atoms with E-state index in [1.807, 2.05) is 13.0 Å². The van der Waals surface area contributed by atoms with E-state index in [1.165, 1.54) is 12.1 Å². The average molecular weight is 276 g/mol. The maximum Gasteiger partial charge on any atom is 0.124 e. The number of hydrogen-bond donors (Lipinski definition) is 2. The SMILES string of the molecule is Cc1cc(NCC(C)(C)CCO)c2cc(F)ccc2n1. The smallest absolute Gasteiger partial charge is 0.124 e. The van der Waals surface area contributed by atoms with E-state index in [9.17, 15) is 4.39 Å². The number of aromatic nitrogens is 1. The van der Waals surface area contributed by atoms with Gasteiger partial charge in [0, 0.05) is 29.9 Å². The number of aliphatic hydroxyl groups excluding tert-OH is 1. The van der Waals surface area contributed by atoms with Crippen LogP contribution in [0.1, 0.15) is 26.0 Å². The van der Waals surface area contributed by atoms with E-state index in [1.54, 1.807) is 6.07 Å². The van der Waals surface area contributed by atoms with Crippen LogP contribution < -0.4 is 5.32 Å². The predicted molar refractivity (Wildman–Crippen MR) is 80.4 cm³/mol. The molecule has 0 bridgehead atoms. The lowest BCUT2D eigenvalue weighted by Crippen LogP contribution is -2.24. The quantitative estimate of drug-likeness (QED) is 0.878. The molecule has 1 heterocycles. The lowest BCUT2D eigenvalue weighted by molar-refractivity contribution is 0.220. The van der Waals surface area contributed by atoms with Gasteiger partial charge in [0.15, 0.2) is 0 Å². The van der Waals surface area contributed by atoms with Gasteiger partial charge >= 0.3 is 0 Å². The van der Waals surface area contributed by atoms with Crippen LogP contribution in [0.2, 0.25) is 0 Å². The fraction of sp³-hybridized carbons (Fsp3) is 0.438. The van der Waals surface area contributed by atoms with Crippen LogP contribution in [0.4, 0.5) is 10.1 Å². The molecule has 20 heavy (non-hydrogen) atoms. The minimum absolute atomic E-state index is 0.0222. The van der Waals surface area contributed by atoms with Gasteiger partial charge in [0.05, 0.1) is 5.52 Å². The molecule has 108 valence electrons. The zero-order valence-electron chi connectivity index (χ0n) is 12.2. The standard InChI is InChI=1S/C16H21FN2O/c1-11-8-15(18-10-16(2,3)6-7-20)13-9-12(17)4-5-14(13)19-11/h4-5,8-9,20H,6-7,10H2,1-3H3,(H,18,19). The number of aliphatic hydroxyl groups is 1. The highest BCUT2D eigenvalue weighted by Gasteiger charge is 2.17. The summed E-state index contributed by atoms with van der Waals surface area (Å²) < 4.78 is 13.4. The first-order valence-corrected chi connectivity index (χ1v) is 6.83. The number of benzene rings is 1. The second kappa shape index (κ2) is 5.75. The van der Waals surface area contributed by atoms with Crippen molar-refractivity contribution in [3.8, 4) is 0 Å². The summed E-state index contributed by atoms with van der Waals surface area (Å²) in [6, 6.07) is 6.55. The van der Waals surface area contributed by atoms with Crippen LogP contribution in [-0.4, -0.2) is 23.2 Å². The summed E-state index contributed by atoms with van der Waals surface area (Å²) >= 11 is 0. The van der Waals surface area contributed by atoms with Crippen molar-refractivity contribution in [2.75, 3.05) is 18.5 Å². The second-order valence-corrected chi connectivity index (χ2v) is 5.96. The largest absolute Gasteiger partial charge is 0.396 e. The second-order valence-electron chi connectivity index (χ2n) is 5.96. The monoisotopic (exact) mass is 276 g/mol. The molecule has 3 nitrogen and oxygen atoms in total. The fourth-order valence-electron chi connectivity index (χ4n) is 2.20. The molecule has 0 aliphatic rings. The minimum atomic E-state index is -0.263. The van der Waals surface area contributed by atoms with Crippen LogP contribution in [0.25, 0.3) is 10.9 Å². The number of anilines is 1. The molecular formula is C16H21FN2O. The van der Waals surface area contributed by atoms with E-state index in [-0.39, 0.29) is 17.8 Å². The molecule has 0 spiro atoms. The maximum atomic E-state index is 13.4. The van der Waals surface area contributed by atoms with Crippen molar-refractivity contribution >= 4 is 16.6 Å². The number of hydrogen-bond acceptors (Lipinski definition) is 3. The normalized spacial score (nSPS) is 11.8. The molecule has 0 unspecified atom stereocenters. The van der Waals surface area contributed by atoms with Gasteiger partial charge in [0.2, 0.25) is 0 Å². The van der Waals surface area contributed by atoms with Gasteiger partial charge in [-0.05, 0) is 43.0 Å². The molecule has 0 aliphatic carbocycles. The van der Waals surface area contributed by atoms with Gasteiger partial charge < -0.3 is 10.4 Å². The summed E-state index contributed by atoms with van der Waals surface area (Å²) in [4.78, 5) is 4.41. The molecule has 2 aromatic rings. The summed E-state index contributed by atoms with van der Waals surface area (Å²) in [5.41, 5.74) is 2.55. The fourth-order valence-corrected chi connectivity index (χ4v) is 2.20. The van der Waals surface area contributed by atoms with Crippen molar-refractivity contribution in [3.05, 3.63) is 35.8 Å². The van der Waals surface area contributed by atoms with Gasteiger partial charge in [-0.1, -0.05) is 13.8 Å². The van der Waals surface area contributed by atoms with Crippen molar-refractivity contribution in [2.24, 2.45) is 5.41 Å². The third kappa shape index (κ3) is 3.45. The molecule has 1 aromatic carbocycles. The van der Waals surface area contributed by atoms with Crippen LogP contribution in [0, 0.1) is 18.2 Å². The maximum absolute atomic E-state index is 13.4. The topological polar surface area (TPSA) is 45.1 Å². The molecule has 0 amide bonds. The number of aryl methyl sites for hydroxylation is 1. The van der Waals surface area contributed by atoms with Gasteiger partial charge in [-0.25, -0.2) is 4.39 Å². The summed E-state index contributed by atoms with van der Waals surface area (Å²) in [5, 5.41) is 13.2. The first-order chi connectivity index (χ1) is 9.41. The Hall–Kier alpha value is -1.68. The Labute approximate surface area is 118 Å². The van der Waals surface area contributed by atoms with Crippen LogP contribution in [0.5, 0.6) is 0 Å². The molecule has 2 N–H and O–H groups in total. The Morgan fingerprint density at radius 1 is 1.30 bits per heavy atom. The Morgan fingerprint density at radius 2 is 2.05 bits per heavy atom. The molecule has 0 fully saturated rings. The summed E-state index contributed by atoms with van der Waals surface area (Å²) in [6.07, 6.45) is 0.719. The molecule has 0 atom stereocenters. The molecule has 0 radical (unpaired) electrons. The zero-order chi connectivity index (χ0) is 14.8. The molecule has 0 aliphatic heterocycles. The number of pyridine rings is 1. The third-order valence-corrected chi connectivity index (χ3v) is 3.44. The predicted octanol–water partition coefficient (Wildman–Crippen LogP) is 3.50. The van der Waals surface area contributed by atoms with Gasteiger partial charge in [-0.2, -0.15) is 0 Å². The van der Waals surface area contributed by atoms with Gasteiger partial charge in [-0.3, -0.25) is 4.98 Å². The highest BCUT2D eigenvalue weighted by molar-refractivity contribution is 5.91. The van der Waals surface area contributed by atoms with E-state index in [0.717, 1.165) is 28.7 Å². The van der Waals surface area contributed by atoms with Crippen LogP contribution in [0.3, 0.4) is 0 Å². The van der Waals surface area contributed by atoms with Crippen LogP contribution in [-0.2, 0) is 0 Å². The Bertz CT molecular complexity index is 611. The molecule has 0 saturated heterocycles. The van der Waals surface area contributed by atoms with Crippen LogP contribution >= 0.6 is 0 Å². The van der Waals surface area contributed by atoms with E-state index in [4.69, 9.17) is 5.11 Å². The lowest BCUT2D eigenvalue weighted by atomic mass is 9.89. The number of nitrogens with one attached hydrogen (secondary N) is 1. The van der Waals surface area contributed by atoms with Crippen molar-refractivity contribution in [3.63, 3.8) is 0 Å². The van der Waals surface area contributed by atoms with Crippen molar-refractivity contribution in [2.45, 2.75) is 27.2 Å². The molecular weight excluding hydrogens is 255 g/mol. The van der Waals surface area contributed by atoms with E-state index < -0.39 is 0 Å². The van der Waals surface area contributed by atoms with Gasteiger partial charge in [0.1, 0.15) is 5.82 Å². The highest BCUT2D eigenvalue weighted by Crippen LogP contribution is 2.26. The van der Waals surface area contributed by atoms with E-state index in [2.05, 4.69) is 24.1 Å².